The predicted octanol–water partition coefficient (Wildman–Crippen LogP) is 1.61. The van der Waals surface area contributed by atoms with Crippen LogP contribution in [0.25, 0.3) is 0 Å². The summed E-state index contributed by atoms with van der Waals surface area (Å²) in [5.41, 5.74) is 6.32. The smallest absolute Gasteiger partial charge is 0.248 e. The highest BCUT2D eigenvalue weighted by atomic mass is 16.5. The summed E-state index contributed by atoms with van der Waals surface area (Å²) in [5.74, 6) is 0.217. The first kappa shape index (κ1) is 16.9. The minimum absolute atomic E-state index is 0.0412. The van der Waals surface area contributed by atoms with Gasteiger partial charge in [0.1, 0.15) is 0 Å². The largest absolute Gasteiger partial charge is 0.377 e. The number of anilines is 1. The van der Waals surface area contributed by atoms with Crippen LogP contribution < -0.4 is 11.1 Å². The van der Waals surface area contributed by atoms with Gasteiger partial charge in [0.15, 0.2) is 0 Å². The molecular weight excluding hydrogens is 306 g/mol. The molecule has 0 aromatic heterocycles. The van der Waals surface area contributed by atoms with E-state index in [1.54, 1.807) is 24.3 Å². The maximum absolute atomic E-state index is 12.3. The summed E-state index contributed by atoms with van der Waals surface area (Å²) in [7, 11) is 0. The molecular formula is C18H25N3O3. The molecule has 1 aliphatic heterocycles. The van der Waals surface area contributed by atoms with Gasteiger partial charge >= 0.3 is 0 Å². The summed E-state index contributed by atoms with van der Waals surface area (Å²) in [6.45, 7) is 2.99. The third kappa shape index (κ3) is 5.04. The van der Waals surface area contributed by atoms with Gasteiger partial charge in [0.25, 0.3) is 0 Å². The summed E-state index contributed by atoms with van der Waals surface area (Å²) in [6, 6.07) is 6.63. The van der Waals surface area contributed by atoms with Crippen molar-refractivity contribution in [3.63, 3.8) is 0 Å². The number of amides is 2. The fraction of sp³-hybridized carbons (Fsp3) is 0.556. The molecule has 3 N–H and O–H groups in total. The first-order valence-corrected chi connectivity index (χ1v) is 8.64. The van der Waals surface area contributed by atoms with E-state index in [4.69, 9.17) is 10.5 Å². The van der Waals surface area contributed by atoms with E-state index in [0.29, 0.717) is 17.8 Å². The first-order chi connectivity index (χ1) is 11.6. The maximum atomic E-state index is 12.3. The number of nitrogens with zero attached hydrogens (tertiary/aromatic N) is 1. The van der Waals surface area contributed by atoms with Gasteiger partial charge in [0.2, 0.25) is 11.8 Å². The topological polar surface area (TPSA) is 84.7 Å². The maximum Gasteiger partial charge on any atom is 0.248 e. The Kier molecular flexibility index (Phi) is 5.48. The molecule has 1 aromatic carbocycles. The predicted molar refractivity (Wildman–Crippen MR) is 91.7 cm³/mol. The molecule has 3 rings (SSSR count). The molecule has 130 valence electrons. The molecule has 1 heterocycles. The van der Waals surface area contributed by atoms with Crippen LogP contribution in [0.15, 0.2) is 24.3 Å². The van der Waals surface area contributed by atoms with Gasteiger partial charge < -0.3 is 15.8 Å². The second-order valence-corrected chi connectivity index (χ2v) is 6.76. The number of hydrogen-bond donors (Lipinski definition) is 2. The van der Waals surface area contributed by atoms with Crippen LogP contribution in [0.3, 0.4) is 0 Å². The monoisotopic (exact) mass is 331 g/mol. The second kappa shape index (κ2) is 7.77. The molecule has 0 bridgehead atoms. The van der Waals surface area contributed by atoms with Gasteiger partial charge in [-0.05, 0) is 55.9 Å². The number of carbonyl (C=O) groups is 2. The van der Waals surface area contributed by atoms with Crippen LogP contribution in [-0.2, 0) is 9.53 Å². The minimum atomic E-state index is -0.472. The third-order valence-corrected chi connectivity index (χ3v) is 4.52. The Morgan fingerprint density at radius 2 is 1.92 bits per heavy atom. The molecule has 0 radical (unpaired) electrons. The first-order valence-electron chi connectivity index (χ1n) is 8.64. The minimum Gasteiger partial charge on any atom is -0.377 e. The molecule has 1 saturated carbocycles. The van der Waals surface area contributed by atoms with Gasteiger partial charge in [0, 0.05) is 30.9 Å². The highest BCUT2D eigenvalue weighted by Crippen LogP contribution is 2.30. The van der Waals surface area contributed by atoms with E-state index in [1.807, 2.05) is 0 Å². The Balaban J connectivity index is 1.52. The summed E-state index contributed by atoms with van der Waals surface area (Å²) in [5, 5.41) is 2.88. The van der Waals surface area contributed by atoms with Crippen molar-refractivity contribution in [2.75, 3.05) is 31.6 Å². The fourth-order valence-electron chi connectivity index (χ4n) is 3.07. The Labute approximate surface area is 142 Å². The molecule has 1 aliphatic carbocycles. The van der Waals surface area contributed by atoms with Crippen LogP contribution >= 0.6 is 0 Å². The standard InChI is InChI=1S/C18H25N3O3/c19-18(23)14-5-7-15(8-6-14)20-17(22)12-21(10-13-3-4-13)11-16-2-1-9-24-16/h5-8,13,16H,1-4,9-12H2,(H2,19,23)(H,20,22). The van der Waals surface area contributed by atoms with Crippen molar-refractivity contribution in [1.29, 1.82) is 0 Å². The Morgan fingerprint density at radius 1 is 1.17 bits per heavy atom. The van der Waals surface area contributed by atoms with E-state index in [2.05, 4.69) is 10.2 Å². The highest BCUT2D eigenvalue weighted by molar-refractivity contribution is 5.95. The van der Waals surface area contributed by atoms with Crippen molar-refractivity contribution in [1.82, 2.24) is 4.90 Å². The van der Waals surface area contributed by atoms with E-state index in [1.165, 1.54) is 12.8 Å². The van der Waals surface area contributed by atoms with Crippen LogP contribution in [0.2, 0.25) is 0 Å². The summed E-state index contributed by atoms with van der Waals surface area (Å²) in [4.78, 5) is 25.6. The van der Waals surface area contributed by atoms with Crippen LogP contribution in [-0.4, -0.2) is 49.1 Å². The van der Waals surface area contributed by atoms with Crippen LogP contribution in [0.5, 0.6) is 0 Å². The van der Waals surface area contributed by atoms with Gasteiger partial charge in [-0.25, -0.2) is 0 Å². The van der Waals surface area contributed by atoms with Gasteiger partial charge in [-0.2, -0.15) is 0 Å². The lowest BCUT2D eigenvalue weighted by molar-refractivity contribution is -0.117. The van der Waals surface area contributed by atoms with Crippen molar-refractivity contribution in [3.05, 3.63) is 29.8 Å². The number of nitrogens with two attached hydrogens (primary N) is 1. The summed E-state index contributed by atoms with van der Waals surface area (Å²) < 4.78 is 5.70. The zero-order valence-corrected chi connectivity index (χ0v) is 13.9. The fourth-order valence-corrected chi connectivity index (χ4v) is 3.07. The normalized spacial score (nSPS) is 20.3. The molecule has 1 unspecified atom stereocenters. The Hall–Kier alpha value is -1.92. The molecule has 2 amide bonds. The van der Waals surface area contributed by atoms with E-state index in [0.717, 1.165) is 38.5 Å². The van der Waals surface area contributed by atoms with Crippen LogP contribution in [0.4, 0.5) is 5.69 Å². The van der Waals surface area contributed by atoms with E-state index in [-0.39, 0.29) is 12.0 Å². The molecule has 6 nitrogen and oxygen atoms in total. The molecule has 1 saturated heterocycles. The zero-order valence-electron chi connectivity index (χ0n) is 13.9. The number of primary amides is 1. The lowest BCUT2D eigenvalue weighted by Gasteiger charge is -2.24. The van der Waals surface area contributed by atoms with E-state index in [9.17, 15) is 9.59 Å². The Bertz CT molecular complexity index is 578. The van der Waals surface area contributed by atoms with Crippen LogP contribution in [0.1, 0.15) is 36.0 Å². The number of rotatable bonds is 8. The van der Waals surface area contributed by atoms with Crippen molar-refractivity contribution < 1.29 is 14.3 Å². The average molecular weight is 331 g/mol. The van der Waals surface area contributed by atoms with Gasteiger partial charge in [-0.3, -0.25) is 14.5 Å². The van der Waals surface area contributed by atoms with Crippen LogP contribution in [0, 0.1) is 5.92 Å². The SMILES string of the molecule is NC(=O)c1ccc(NC(=O)CN(CC2CC2)CC2CCCO2)cc1. The lowest BCUT2D eigenvalue weighted by Crippen LogP contribution is -2.39. The summed E-state index contributed by atoms with van der Waals surface area (Å²) in [6.07, 6.45) is 4.97. The van der Waals surface area contributed by atoms with Crippen molar-refractivity contribution in [2.24, 2.45) is 11.7 Å². The number of nitrogens with one attached hydrogen (secondary N) is 1. The third-order valence-electron chi connectivity index (χ3n) is 4.52. The van der Waals surface area contributed by atoms with Gasteiger partial charge in [-0.1, -0.05) is 0 Å². The van der Waals surface area contributed by atoms with Crippen molar-refractivity contribution in [3.8, 4) is 0 Å². The number of benzene rings is 1. The van der Waals surface area contributed by atoms with E-state index >= 15 is 0 Å². The van der Waals surface area contributed by atoms with E-state index < -0.39 is 5.91 Å². The lowest BCUT2D eigenvalue weighted by atomic mass is 10.2. The molecule has 1 aromatic rings. The molecule has 24 heavy (non-hydrogen) atoms. The second-order valence-electron chi connectivity index (χ2n) is 6.76. The quantitative estimate of drug-likeness (QED) is 0.758. The van der Waals surface area contributed by atoms with Gasteiger partial charge in [0.05, 0.1) is 12.6 Å². The molecule has 1 atom stereocenters. The number of carbonyl (C=O) groups excluding carboxylic acids is 2. The molecule has 0 spiro atoms. The summed E-state index contributed by atoms with van der Waals surface area (Å²) >= 11 is 0. The van der Waals surface area contributed by atoms with Crippen molar-refractivity contribution >= 4 is 17.5 Å². The Morgan fingerprint density at radius 3 is 2.50 bits per heavy atom. The molecule has 6 heteroatoms. The molecule has 2 aliphatic rings. The zero-order chi connectivity index (χ0) is 16.9. The number of ether oxygens (including phenoxy) is 1. The average Bonchev–Trinajstić information content (AvgIpc) is 3.20. The number of hydrogen-bond acceptors (Lipinski definition) is 4. The molecule has 2 fully saturated rings. The highest BCUT2D eigenvalue weighted by Gasteiger charge is 2.28. The van der Waals surface area contributed by atoms with Gasteiger partial charge in [-0.15, -0.1) is 0 Å². The van der Waals surface area contributed by atoms with Crippen molar-refractivity contribution in [2.45, 2.75) is 31.8 Å².